The first kappa shape index (κ1) is 10.3. The van der Waals surface area contributed by atoms with Gasteiger partial charge >= 0.3 is 5.97 Å². The van der Waals surface area contributed by atoms with E-state index in [1.54, 1.807) is 0 Å². The van der Waals surface area contributed by atoms with E-state index >= 15 is 0 Å². The van der Waals surface area contributed by atoms with E-state index in [4.69, 9.17) is 5.11 Å². The number of rotatable bonds is 3. The number of aliphatic carboxylic acids is 1. The van der Waals surface area contributed by atoms with Gasteiger partial charge in [-0.15, -0.1) is 0 Å². The second kappa shape index (κ2) is 4.11. The summed E-state index contributed by atoms with van der Waals surface area (Å²) in [6.45, 7) is 0. The molecule has 2 aliphatic rings. The number of nitrogens with zero attached hydrogens (tertiary/aromatic N) is 1. The summed E-state index contributed by atoms with van der Waals surface area (Å²) >= 11 is 1.98. The highest BCUT2D eigenvalue weighted by atomic mass is 32.2. The van der Waals surface area contributed by atoms with Crippen molar-refractivity contribution < 1.29 is 9.90 Å². The van der Waals surface area contributed by atoms with Crippen molar-refractivity contribution in [2.24, 2.45) is 5.92 Å². The van der Waals surface area contributed by atoms with E-state index < -0.39 is 5.97 Å². The van der Waals surface area contributed by atoms with Crippen LogP contribution >= 0.6 is 11.8 Å². The number of hydrogen-bond acceptors (Lipinski definition) is 3. The molecule has 1 aliphatic heterocycles. The lowest BCUT2D eigenvalue weighted by molar-refractivity contribution is -0.149. The van der Waals surface area contributed by atoms with Crippen molar-refractivity contribution in [3.8, 4) is 0 Å². The molecule has 2 rings (SSSR count). The predicted octanol–water partition coefficient (Wildman–Crippen LogP) is 1.29. The molecule has 2 fully saturated rings. The normalized spacial score (nSPS) is 37.1. The number of thioether (sulfide) groups is 1. The summed E-state index contributed by atoms with van der Waals surface area (Å²) in [6.07, 6.45) is 3.16. The van der Waals surface area contributed by atoms with Gasteiger partial charge in [-0.3, -0.25) is 9.69 Å². The van der Waals surface area contributed by atoms with Crippen LogP contribution in [0.3, 0.4) is 0 Å². The molecule has 4 heteroatoms. The smallest absolute Gasteiger partial charge is 0.308 e. The fourth-order valence-corrected chi connectivity index (χ4v) is 3.65. The van der Waals surface area contributed by atoms with E-state index in [1.807, 2.05) is 11.8 Å². The van der Waals surface area contributed by atoms with Gasteiger partial charge in [0.15, 0.2) is 0 Å². The van der Waals surface area contributed by atoms with Crippen molar-refractivity contribution in [3.63, 3.8) is 0 Å². The van der Waals surface area contributed by atoms with Gasteiger partial charge < -0.3 is 5.11 Å². The van der Waals surface area contributed by atoms with Crippen LogP contribution in [0.25, 0.3) is 0 Å². The van der Waals surface area contributed by atoms with Crippen LogP contribution in [-0.4, -0.2) is 46.6 Å². The Bertz CT molecular complexity index is 228. The molecular weight excluding hydrogens is 198 g/mol. The van der Waals surface area contributed by atoms with Crippen LogP contribution in [-0.2, 0) is 4.79 Å². The van der Waals surface area contributed by atoms with Gasteiger partial charge in [-0.2, -0.15) is 11.8 Å². The Balaban J connectivity index is 1.91. The topological polar surface area (TPSA) is 40.5 Å². The average Bonchev–Trinajstić information content (AvgIpc) is 2.51. The Morgan fingerprint density at radius 3 is 2.64 bits per heavy atom. The first-order valence-electron chi connectivity index (χ1n) is 5.22. The molecule has 1 saturated heterocycles. The van der Waals surface area contributed by atoms with Crippen LogP contribution in [0.1, 0.15) is 19.3 Å². The van der Waals surface area contributed by atoms with Gasteiger partial charge in [-0.1, -0.05) is 0 Å². The number of carboxylic acid groups (broad SMARTS) is 1. The molecule has 1 saturated carbocycles. The van der Waals surface area contributed by atoms with Crippen molar-refractivity contribution in [1.29, 1.82) is 0 Å². The lowest BCUT2D eigenvalue weighted by Gasteiger charge is -2.42. The number of carboxylic acids is 1. The molecule has 0 aromatic heterocycles. The van der Waals surface area contributed by atoms with Crippen LogP contribution in [0.5, 0.6) is 0 Å². The molecule has 0 radical (unpaired) electrons. The predicted molar refractivity (Wildman–Crippen MR) is 57.6 cm³/mol. The molecular formula is C10H17NO2S. The molecule has 1 aliphatic carbocycles. The van der Waals surface area contributed by atoms with E-state index in [1.165, 1.54) is 17.9 Å². The van der Waals surface area contributed by atoms with Gasteiger partial charge in [0, 0.05) is 17.8 Å². The monoisotopic (exact) mass is 215 g/mol. The molecule has 14 heavy (non-hydrogen) atoms. The third kappa shape index (κ3) is 1.77. The third-order valence-electron chi connectivity index (χ3n) is 3.56. The lowest BCUT2D eigenvalue weighted by atomic mass is 9.78. The summed E-state index contributed by atoms with van der Waals surface area (Å²) in [5, 5.41) is 8.96. The zero-order valence-corrected chi connectivity index (χ0v) is 9.30. The Kier molecular flexibility index (Phi) is 3.02. The average molecular weight is 215 g/mol. The summed E-state index contributed by atoms with van der Waals surface area (Å²) in [5.74, 6) is 1.70. The van der Waals surface area contributed by atoms with Crippen molar-refractivity contribution in [3.05, 3.63) is 0 Å². The van der Waals surface area contributed by atoms with E-state index in [0.29, 0.717) is 12.1 Å². The molecule has 0 spiro atoms. The summed E-state index contributed by atoms with van der Waals surface area (Å²) in [7, 11) is 2.09. The Hall–Kier alpha value is -0.220. The quantitative estimate of drug-likeness (QED) is 0.770. The largest absolute Gasteiger partial charge is 0.481 e. The fourth-order valence-electron chi connectivity index (χ4n) is 2.37. The molecule has 1 heterocycles. The van der Waals surface area contributed by atoms with Crippen molar-refractivity contribution in [2.45, 2.75) is 31.3 Å². The highest BCUT2D eigenvalue weighted by Gasteiger charge is 2.41. The minimum atomic E-state index is -0.612. The van der Waals surface area contributed by atoms with E-state index in [0.717, 1.165) is 12.8 Å². The van der Waals surface area contributed by atoms with Crippen molar-refractivity contribution >= 4 is 17.7 Å². The van der Waals surface area contributed by atoms with Gasteiger partial charge in [0.2, 0.25) is 0 Å². The second-order valence-electron chi connectivity index (χ2n) is 4.27. The minimum absolute atomic E-state index is 0.106. The van der Waals surface area contributed by atoms with Crippen LogP contribution in [0.15, 0.2) is 0 Å². The minimum Gasteiger partial charge on any atom is -0.481 e. The molecule has 0 aromatic carbocycles. The maximum absolute atomic E-state index is 10.9. The Morgan fingerprint density at radius 1 is 1.43 bits per heavy atom. The summed E-state index contributed by atoms with van der Waals surface area (Å²) < 4.78 is 0. The molecule has 1 N–H and O–H groups in total. The maximum atomic E-state index is 10.9. The van der Waals surface area contributed by atoms with Gasteiger partial charge in [0.05, 0.1) is 5.92 Å². The van der Waals surface area contributed by atoms with Gasteiger partial charge in [0.25, 0.3) is 0 Å². The van der Waals surface area contributed by atoms with E-state index in [9.17, 15) is 4.79 Å². The Morgan fingerprint density at radius 2 is 2.21 bits per heavy atom. The zero-order chi connectivity index (χ0) is 10.1. The van der Waals surface area contributed by atoms with Crippen LogP contribution in [0.2, 0.25) is 0 Å². The van der Waals surface area contributed by atoms with Crippen LogP contribution < -0.4 is 0 Å². The summed E-state index contributed by atoms with van der Waals surface area (Å²) in [5.41, 5.74) is 0. The first-order valence-corrected chi connectivity index (χ1v) is 6.38. The molecule has 0 bridgehead atoms. The van der Waals surface area contributed by atoms with Crippen LogP contribution in [0, 0.1) is 5.92 Å². The van der Waals surface area contributed by atoms with Crippen LogP contribution in [0.4, 0.5) is 0 Å². The van der Waals surface area contributed by atoms with Crippen molar-refractivity contribution in [2.75, 3.05) is 18.6 Å². The summed E-state index contributed by atoms with van der Waals surface area (Å²) in [6, 6.07) is 0.920. The standard InChI is InChI=1S/C10H17NO2S/c1-11(7-4-5-14-6-7)9-3-2-8(9)10(12)13/h7-9H,2-6H2,1H3,(H,12,13). The molecule has 3 nitrogen and oxygen atoms in total. The number of carbonyl (C=O) groups is 1. The maximum Gasteiger partial charge on any atom is 0.308 e. The third-order valence-corrected chi connectivity index (χ3v) is 4.70. The zero-order valence-electron chi connectivity index (χ0n) is 8.48. The molecule has 80 valence electrons. The van der Waals surface area contributed by atoms with Crippen molar-refractivity contribution in [1.82, 2.24) is 4.90 Å². The SMILES string of the molecule is CN(C1CCSC1)C1CCC1C(=O)O. The molecule has 3 unspecified atom stereocenters. The summed E-state index contributed by atoms with van der Waals surface area (Å²) in [4.78, 5) is 13.2. The van der Waals surface area contributed by atoms with Gasteiger partial charge in [-0.05, 0) is 32.1 Å². The lowest BCUT2D eigenvalue weighted by Crippen LogP contribution is -2.52. The molecule has 3 atom stereocenters. The van der Waals surface area contributed by atoms with E-state index in [2.05, 4.69) is 11.9 Å². The fraction of sp³-hybridized carbons (Fsp3) is 0.900. The highest BCUT2D eigenvalue weighted by molar-refractivity contribution is 7.99. The second-order valence-corrected chi connectivity index (χ2v) is 5.42. The highest BCUT2D eigenvalue weighted by Crippen LogP contribution is 2.35. The van der Waals surface area contributed by atoms with E-state index in [-0.39, 0.29) is 5.92 Å². The van der Waals surface area contributed by atoms with Gasteiger partial charge in [0.1, 0.15) is 0 Å². The number of hydrogen-bond donors (Lipinski definition) is 1. The van der Waals surface area contributed by atoms with Gasteiger partial charge in [-0.25, -0.2) is 0 Å². The first-order chi connectivity index (χ1) is 6.70. The molecule has 0 amide bonds. The molecule has 0 aromatic rings. The Labute approximate surface area is 88.9 Å².